The number of rotatable bonds is 5. The molecular weight excluding hydrogens is 441 g/mol. The van der Waals surface area contributed by atoms with Gasteiger partial charge in [-0.1, -0.05) is 32.4 Å². The van der Waals surface area contributed by atoms with E-state index in [0.717, 1.165) is 5.76 Å². The number of carbonyl (C=O) groups excluding carboxylic acids is 1. The molecule has 0 aliphatic carbocycles. The molecular formula is C24H27BClN3O4. The van der Waals surface area contributed by atoms with Gasteiger partial charge in [0.15, 0.2) is 0 Å². The number of halogens is 1. The zero-order chi connectivity index (χ0) is 24.5. The van der Waals surface area contributed by atoms with Gasteiger partial charge in [-0.2, -0.15) is 0 Å². The second-order valence-electron chi connectivity index (χ2n) is 10.4. The Hall–Kier alpha value is -3.00. The fourth-order valence-corrected chi connectivity index (χ4v) is 4.67. The first kappa shape index (κ1) is 23.2. The first-order chi connectivity index (χ1) is 15.2. The molecule has 0 saturated heterocycles. The largest absolute Gasteiger partial charge is 0.465 e. The van der Waals surface area contributed by atoms with Gasteiger partial charge in [-0.3, -0.25) is 14.4 Å². The van der Waals surface area contributed by atoms with Crippen LogP contribution in [0.15, 0.2) is 38.3 Å². The Bertz CT molecular complexity index is 1360. The SMILES string of the molecule is BC(Nc1c(Nc2ccc(Cl)c3c2C(=O)NC3(C)C)c(=O)c1=O)(c1ccc(C)o1)C(C)(C)C. The molecule has 3 aromatic rings. The number of anilines is 3. The molecule has 2 aromatic carbocycles. The Balaban J connectivity index is 1.78. The number of amides is 1. The van der Waals surface area contributed by atoms with Gasteiger partial charge in [0.2, 0.25) is 0 Å². The summed E-state index contributed by atoms with van der Waals surface area (Å²) in [7, 11) is 1.93. The second kappa shape index (κ2) is 7.25. The summed E-state index contributed by atoms with van der Waals surface area (Å²) >= 11 is 6.39. The van der Waals surface area contributed by atoms with Crippen LogP contribution >= 0.6 is 11.6 Å². The molecule has 0 spiro atoms. The van der Waals surface area contributed by atoms with Crippen LogP contribution < -0.4 is 26.8 Å². The fourth-order valence-electron chi connectivity index (χ4n) is 4.27. The minimum atomic E-state index is -0.790. The maximum Gasteiger partial charge on any atom is 0.254 e. The first-order valence-corrected chi connectivity index (χ1v) is 11.2. The molecule has 1 atom stereocenters. The van der Waals surface area contributed by atoms with Crippen molar-refractivity contribution in [3.8, 4) is 0 Å². The lowest BCUT2D eigenvalue weighted by Gasteiger charge is -2.42. The third-order valence-corrected chi connectivity index (χ3v) is 7.03. The van der Waals surface area contributed by atoms with Crippen molar-refractivity contribution in [2.24, 2.45) is 5.41 Å². The van der Waals surface area contributed by atoms with Gasteiger partial charge in [0, 0.05) is 10.6 Å². The molecule has 0 bridgehead atoms. The number of nitrogens with one attached hydrogen (secondary N) is 3. The van der Waals surface area contributed by atoms with Crippen LogP contribution in [0.2, 0.25) is 5.02 Å². The van der Waals surface area contributed by atoms with Gasteiger partial charge in [0.05, 0.1) is 22.2 Å². The smallest absolute Gasteiger partial charge is 0.254 e. The van der Waals surface area contributed by atoms with E-state index in [0.29, 0.717) is 27.6 Å². The molecule has 2 heterocycles. The lowest BCUT2D eigenvalue weighted by molar-refractivity contribution is 0.0941. The summed E-state index contributed by atoms with van der Waals surface area (Å²) < 4.78 is 5.90. The average molecular weight is 468 g/mol. The van der Waals surface area contributed by atoms with Crippen molar-refractivity contribution in [3.05, 3.63) is 72.4 Å². The molecule has 0 saturated carbocycles. The maximum atomic E-state index is 12.7. The highest BCUT2D eigenvalue weighted by Crippen LogP contribution is 2.43. The molecule has 172 valence electrons. The molecule has 33 heavy (non-hydrogen) atoms. The molecule has 1 aromatic heterocycles. The van der Waals surface area contributed by atoms with Crippen LogP contribution in [-0.4, -0.2) is 13.8 Å². The van der Waals surface area contributed by atoms with Gasteiger partial charge < -0.3 is 20.4 Å². The van der Waals surface area contributed by atoms with Crippen LogP contribution in [0, 0.1) is 12.3 Å². The van der Waals surface area contributed by atoms with Crippen LogP contribution in [0.3, 0.4) is 0 Å². The van der Waals surface area contributed by atoms with Crippen LogP contribution in [0.25, 0.3) is 0 Å². The van der Waals surface area contributed by atoms with Gasteiger partial charge in [-0.25, -0.2) is 0 Å². The van der Waals surface area contributed by atoms with Crippen LogP contribution in [0.1, 0.15) is 62.1 Å². The summed E-state index contributed by atoms with van der Waals surface area (Å²) in [4.78, 5) is 37.9. The van der Waals surface area contributed by atoms with E-state index in [1.807, 2.05) is 61.5 Å². The summed E-state index contributed by atoms with van der Waals surface area (Å²) in [6, 6.07) is 7.04. The number of fused-ring (bicyclic) bond motifs is 1. The number of hydrogen-bond donors (Lipinski definition) is 3. The van der Waals surface area contributed by atoms with Gasteiger partial charge in [0.25, 0.3) is 16.8 Å². The average Bonchev–Trinajstić information content (AvgIpc) is 3.25. The number of carbonyl (C=O) groups is 1. The number of hydrogen-bond acceptors (Lipinski definition) is 6. The van der Waals surface area contributed by atoms with E-state index in [4.69, 9.17) is 16.0 Å². The maximum absolute atomic E-state index is 12.7. The van der Waals surface area contributed by atoms with Crippen LogP contribution in [-0.2, 0) is 11.0 Å². The topological polar surface area (TPSA) is 100 Å². The minimum absolute atomic E-state index is 0.112. The molecule has 1 amide bonds. The summed E-state index contributed by atoms with van der Waals surface area (Å²) in [5, 5.41) is 9.67. The molecule has 1 unspecified atom stereocenters. The van der Waals surface area contributed by atoms with Gasteiger partial charge in [-0.15, -0.1) is 0 Å². The quantitative estimate of drug-likeness (QED) is 0.392. The first-order valence-electron chi connectivity index (χ1n) is 10.8. The fraction of sp³-hybridized carbons (Fsp3) is 0.375. The summed E-state index contributed by atoms with van der Waals surface area (Å²) in [6.45, 7) is 11.6. The Kier molecular flexibility index (Phi) is 5.09. The summed E-state index contributed by atoms with van der Waals surface area (Å²) in [5.74, 6) is 1.11. The molecule has 1 aliphatic heterocycles. The highest BCUT2D eigenvalue weighted by atomic mass is 35.5. The van der Waals surface area contributed by atoms with E-state index in [1.165, 1.54) is 0 Å². The van der Waals surface area contributed by atoms with Gasteiger partial charge >= 0.3 is 0 Å². The molecule has 0 radical (unpaired) electrons. The Morgan fingerprint density at radius 1 is 1.03 bits per heavy atom. The van der Waals surface area contributed by atoms with Crippen molar-refractivity contribution in [2.75, 3.05) is 10.6 Å². The van der Waals surface area contributed by atoms with E-state index in [-0.39, 0.29) is 22.7 Å². The molecule has 0 fully saturated rings. The van der Waals surface area contributed by atoms with E-state index >= 15 is 0 Å². The molecule has 7 nitrogen and oxygen atoms in total. The second-order valence-corrected chi connectivity index (χ2v) is 10.8. The predicted octanol–water partition coefficient (Wildman–Crippen LogP) is 3.50. The Labute approximate surface area is 198 Å². The molecule has 1 aliphatic rings. The number of benzene rings is 1. The zero-order valence-electron chi connectivity index (χ0n) is 19.8. The normalized spacial score (nSPS) is 16.9. The van der Waals surface area contributed by atoms with E-state index < -0.39 is 21.8 Å². The minimum Gasteiger partial charge on any atom is -0.465 e. The Morgan fingerprint density at radius 3 is 2.24 bits per heavy atom. The van der Waals surface area contributed by atoms with E-state index in [2.05, 4.69) is 16.0 Å². The standard InChI is InChI=1S/C24H27BClN3O4/c1-11-7-10-14(33-11)24(25,22(2,3)4)28-18-17(19(30)20(18)31)27-13-9-8-12(26)16-15(13)21(32)29-23(16,5)6/h7-10,27-28H,25H2,1-6H3,(H,29,32). The lowest BCUT2D eigenvalue weighted by Crippen LogP contribution is -2.51. The van der Waals surface area contributed by atoms with Crippen molar-refractivity contribution in [3.63, 3.8) is 0 Å². The van der Waals surface area contributed by atoms with E-state index in [9.17, 15) is 14.4 Å². The number of furan rings is 1. The molecule has 4 rings (SSSR count). The van der Waals surface area contributed by atoms with Gasteiger partial charge in [0.1, 0.15) is 30.7 Å². The summed E-state index contributed by atoms with van der Waals surface area (Å²) in [5.41, 5.74) is -1.38. The van der Waals surface area contributed by atoms with Crippen LogP contribution in [0.5, 0.6) is 0 Å². The number of aryl methyl sites for hydroxylation is 1. The van der Waals surface area contributed by atoms with Crippen molar-refractivity contribution in [2.45, 2.75) is 52.5 Å². The highest BCUT2D eigenvalue weighted by Gasteiger charge is 2.44. The van der Waals surface area contributed by atoms with Crippen molar-refractivity contribution in [1.29, 1.82) is 0 Å². The van der Waals surface area contributed by atoms with Crippen molar-refractivity contribution < 1.29 is 9.21 Å². The monoisotopic (exact) mass is 467 g/mol. The van der Waals surface area contributed by atoms with Gasteiger partial charge in [-0.05, 0) is 50.5 Å². The van der Waals surface area contributed by atoms with E-state index in [1.54, 1.807) is 12.1 Å². The lowest BCUT2D eigenvalue weighted by atomic mass is 9.59. The molecule has 3 N–H and O–H groups in total. The zero-order valence-corrected chi connectivity index (χ0v) is 20.6. The third kappa shape index (κ3) is 3.48. The predicted molar refractivity (Wildman–Crippen MR) is 133 cm³/mol. The van der Waals surface area contributed by atoms with Crippen molar-refractivity contribution in [1.82, 2.24) is 5.32 Å². The molecule has 9 heteroatoms. The summed E-state index contributed by atoms with van der Waals surface area (Å²) in [6.07, 6.45) is 0. The van der Waals surface area contributed by atoms with Crippen molar-refractivity contribution >= 4 is 42.4 Å². The van der Waals surface area contributed by atoms with Crippen LogP contribution in [0.4, 0.5) is 17.1 Å². The third-order valence-electron chi connectivity index (χ3n) is 6.71. The Morgan fingerprint density at radius 2 is 1.67 bits per heavy atom. The highest BCUT2D eigenvalue weighted by molar-refractivity contribution is 6.32.